The molecule has 0 radical (unpaired) electrons. The Morgan fingerprint density at radius 1 is 1.08 bits per heavy atom. The predicted octanol–water partition coefficient (Wildman–Crippen LogP) is 2.49. The highest BCUT2D eigenvalue weighted by Gasteiger charge is 2.09. The van der Waals surface area contributed by atoms with Gasteiger partial charge in [0, 0.05) is 17.8 Å². The Hall–Kier alpha value is -3.35. The lowest BCUT2D eigenvalue weighted by Gasteiger charge is -2.09. The van der Waals surface area contributed by atoms with Gasteiger partial charge >= 0.3 is 6.01 Å². The van der Waals surface area contributed by atoms with Crippen LogP contribution in [-0.4, -0.2) is 33.7 Å². The van der Waals surface area contributed by atoms with Crippen LogP contribution in [0.25, 0.3) is 11.4 Å². The molecule has 0 saturated heterocycles. The van der Waals surface area contributed by atoms with Crippen LogP contribution in [0.15, 0.2) is 48.5 Å². The van der Waals surface area contributed by atoms with E-state index in [0.717, 1.165) is 17.5 Å². The molecule has 0 atom stereocenters. The second kappa shape index (κ2) is 7.48. The number of anilines is 2. The molecule has 0 unspecified atom stereocenters. The molecule has 0 aliphatic rings. The fourth-order valence-corrected chi connectivity index (χ4v) is 2.31. The highest BCUT2D eigenvalue weighted by Crippen LogP contribution is 2.20. The number of methoxy groups -OCH3 is 1. The topological polar surface area (TPSA) is 106 Å². The zero-order chi connectivity index (χ0) is 17.6. The van der Waals surface area contributed by atoms with E-state index < -0.39 is 0 Å². The van der Waals surface area contributed by atoms with Gasteiger partial charge in [-0.25, -0.2) is 0 Å². The second-order valence-electron chi connectivity index (χ2n) is 5.44. The molecule has 0 aliphatic carbocycles. The summed E-state index contributed by atoms with van der Waals surface area (Å²) in [5.74, 6) is 1.18. The highest BCUT2D eigenvalue weighted by molar-refractivity contribution is 5.61. The molecule has 128 valence electrons. The zero-order valence-electron chi connectivity index (χ0n) is 13.8. The highest BCUT2D eigenvalue weighted by atomic mass is 16.5. The maximum Gasteiger partial charge on any atom is 0.321 e. The average molecular weight is 337 g/mol. The van der Waals surface area contributed by atoms with Crippen LogP contribution < -0.4 is 15.8 Å². The van der Waals surface area contributed by atoms with Gasteiger partial charge in [0.1, 0.15) is 5.75 Å². The van der Waals surface area contributed by atoms with Crippen molar-refractivity contribution < 1.29 is 9.84 Å². The molecule has 1 aromatic heterocycles. The number of aromatic nitrogens is 3. The molecule has 3 rings (SSSR count). The minimum absolute atomic E-state index is 0.236. The molecular formula is C18H19N5O2. The van der Waals surface area contributed by atoms with Crippen molar-refractivity contribution in [2.45, 2.75) is 6.42 Å². The first kappa shape index (κ1) is 16.5. The Balaban J connectivity index is 1.74. The van der Waals surface area contributed by atoms with E-state index in [1.807, 2.05) is 24.3 Å². The maximum atomic E-state index is 9.31. The lowest BCUT2D eigenvalue weighted by Crippen LogP contribution is -2.10. The molecule has 0 spiro atoms. The van der Waals surface area contributed by atoms with Crippen LogP contribution in [0.5, 0.6) is 11.8 Å². The van der Waals surface area contributed by atoms with E-state index in [-0.39, 0.29) is 11.8 Å². The summed E-state index contributed by atoms with van der Waals surface area (Å²) < 4.78 is 5.16. The van der Waals surface area contributed by atoms with Crippen molar-refractivity contribution in [3.63, 3.8) is 0 Å². The SMILES string of the molecule is COc1nc(NCCc2ccc(O)cc2)nc(-c2cccc(N)c2)n1. The summed E-state index contributed by atoms with van der Waals surface area (Å²) in [5, 5.41) is 12.5. The van der Waals surface area contributed by atoms with Crippen molar-refractivity contribution in [1.82, 2.24) is 15.0 Å². The standard InChI is InChI=1S/C18H19N5O2/c1-25-18-22-16(13-3-2-4-14(19)11-13)21-17(23-18)20-10-9-12-5-7-15(24)8-6-12/h2-8,11,24H,9-10,19H2,1H3,(H,20,21,22,23). The van der Waals surface area contributed by atoms with Crippen molar-refractivity contribution >= 4 is 11.6 Å². The predicted molar refractivity (Wildman–Crippen MR) is 96.5 cm³/mol. The van der Waals surface area contributed by atoms with E-state index >= 15 is 0 Å². The van der Waals surface area contributed by atoms with Gasteiger partial charge in [0.05, 0.1) is 7.11 Å². The van der Waals surface area contributed by atoms with Gasteiger partial charge in [-0.15, -0.1) is 0 Å². The first-order valence-corrected chi connectivity index (χ1v) is 7.82. The van der Waals surface area contributed by atoms with Crippen LogP contribution in [-0.2, 0) is 6.42 Å². The zero-order valence-corrected chi connectivity index (χ0v) is 13.8. The molecule has 0 saturated carbocycles. The molecule has 1 heterocycles. The van der Waals surface area contributed by atoms with Crippen LogP contribution in [0.2, 0.25) is 0 Å². The van der Waals surface area contributed by atoms with Crippen LogP contribution in [0.1, 0.15) is 5.56 Å². The van der Waals surface area contributed by atoms with Crippen molar-refractivity contribution in [3.8, 4) is 23.1 Å². The van der Waals surface area contributed by atoms with Crippen molar-refractivity contribution in [3.05, 3.63) is 54.1 Å². The van der Waals surface area contributed by atoms with Gasteiger partial charge in [-0.2, -0.15) is 15.0 Å². The summed E-state index contributed by atoms with van der Waals surface area (Å²) in [4.78, 5) is 12.9. The van der Waals surface area contributed by atoms with Gasteiger partial charge < -0.3 is 20.9 Å². The van der Waals surface area contributed by atoms with Gasteiger partial charge in [-0.1, -0.05) is 24.3 Å². The molecule has 7 heteroatoms. The molecule has 0 bridgehead atoms. The number of ether oxygens (including phenoxy) is 1. The van der Waals surface area contributed by atoms with Gasteiger partial charge in [0.25, 0.3) is 0 Å². The Morgan fingerprint density at radius 3 is 2.60 bits per heavy atom. The van der Waals surface area contributed by atoms with Crippen molar-refractivity contribution in [1.29, 1.82) is 0 Å². The van der Waals surface area contributed by atoms with Crippen LogP contribution in [0, 0.1) is 0 Å². The number of rotatable bonds is 6. The fraction of sp³-hybridized carbons (Fsp3) is 0.167. The number of nitrogens with zero attached hydrogens (tertiary/aromatic N) is 3. The molecule has 2 aromatic carbocycles. The van der Waals surface area contributed by atoms with Gasteiger partial charge in [-0.3, -0.25) is 0 Å². The Morgan fingerprint density at radius 2 is 1.88 bits per heavy atom. The summed E-state index contributed by atoms with van der Waals surface area (Å²) >= 11 is 0. The number of aromatic hydroxyl groups is 1. The monoisotopic (exact) mass is 337 g/mol. The van der Waals surface area contributed by atoms with Gasteiger partial charge in [0.15, 0.2) is 5.82 Å². The third-order valence-electron chi connectivity index (χ3n) is 3.58. The minimum Gasteiger partial charge on any atom is -0.508 e. The number of benzene rings is 2. The van der Waals surface area contributed by atoms with E-state index in [9.17, 15) is 5.11 Å². The minimum atomic E-state index is 0.236. The number of nitrogen functional groups attached to an aromatic ring is 1. The molecule has 25 heavy (non-hydrogen) atoms. The second-order valence-corrected chi connectivity index (χ2v) is 5.44. The molecule has 4 N–H and O–H groups in total. The number of hydrogen-bond acceptors (Lipinski definition) is 7. The lowest BCUT2D eigenvalue weighted by molar-refractivity contribution is 0.379. The summed E-state index contributed by atoms with van der Waals surface area (Å²) in [7, 11) is 1.51. The summed E-state index contributed by atoms with van der Waals surface area (Å²) in [6.45, 7) is 0.633. The molecule has 0 fully saturated rings. The number of phenols is 1. The Labute approximate surface area is 145 Å². The normalized spacial score (nSPS) is 10.4. The molecular weight excluding hydrogens is 318 g/mol. The summed E-state index contributed by atoms with van der Waals surface area (Å²) in [6.07, 6.45) is 0.766. The van der Waals surface area contributed by atoms with E-state index in [1.165, 1.54) is 7.11 Å². The quantitative estimate of drug-likeness (QED) is 0.593. The van der Waals surface area contributed by atoms with Crippen LogP contribution in [0.3, 0.4) is 0 Å². The summed E-state index contributed by atoms with van der Waals surface area (Å²) in [5.41, 5.74) is 8.35. The Kier molecular flexibility index (Phi) is 4.94. The molecule has 7 nitrogen and oxygen atoms in total. The third-order valence-corrected chi connectivity index (χ3v) is 3.58. The van der Waals surface area contributed by atoms with Gasteiger partial charge in [-0.05, 0) is 36.2 Å². The number of nitrogens with one attached hydrogen (secondary N) is 1. The van der Waals surface area contributed by atoms with E-state index in [1.54, 1.807) is 24.3 Å². The van der Waals surface area contributed by atoms with E-state index in [0.29, 0.717) is 24.0 Å². The maximum absolute atomic E-state index is 9.31. The van der Waals surface area contributed by atoms with E-state index in [2.05, 4.69) is 20.3 Å². The molecule has 3 aromatic rings. The van der Waals surface area contributed by atoms with Crippen molar-refractivity contribution in [2.24, 2.45) is 0 Å². The van der Waals surface area contributed by atoms with Crippen molar-refractivity contribution in [2.75, 3.05) is 24.7 Å². The van der Waals surface area contributed by atoms with Crippen LogP contribution >= 0.6 is 0 Å². The first-order valence-electron chi connectivity index (χ1n) is 7.82. The smallest absolute Gasteiger partial charge is 0.321 e. The van der Waals surface area contributed by atoms with Crippen LogP contribution in [0.4, 0.5) is 11.6 Å². The van der Waals surface area contributed by atoms with E-state index in [4.69, 9.17) is 10.5 Å². The lowest BCUT2D eigenvalue weighted by atomic mass is 10.1. The number of phenolic OH excluding ortho intramolecular Hbond substituents is 1. The fourth-order valence-electron chi connectivity index (χ4n) is 2.31. The number of hydrogen-bond donors (Lipinski definition) is 3. The molecule has 0 amide bonds. The number of nitrogens with two attached hydrogens (primary N) is 1. The van der Waals surface area contributed by atoms with Gasteiger partial charge in [0.2, 0.25) is 5.95 Å². The third kappa shape index (κ3) is 4.35. The molecule has 0 aliphatic heterocycles. The average Bonchev–Trinajstić information content (AvgIpc) is 2.63. The Bertz CT molecular complexity index is 852. The first-order chi connectivity index (χ1) is 12.1. The summed E-state index contributed by atoms with van der Waals surface area (Å²) in [6, 6.07) is 14.7. The largest absolute Gasteiger partial charge is 0.508 e.